The Balaban J connectivity index is 1.64. The van der Waals surface area contributed by atoms with E-state index in [1.165, 1.54) is 14.2 Å². The number of ether oxygens (including phenoxy) is 2. The van der Waals surface area contributed by atoms with E-state index in [-0.39, 0.29) is 33.8 Å². The molecule has 0 saturated carbocycles. The zero-order valence-electron chi connectivity index (χ0n) is 20.4. The molecular formula is C23H31N5O5S. The van der Waals surface area contributed by atoms with Crippen molar-refractivity contribution >= 4 is 40.0 Å². The Labute approximate surface area is 203 Å². The number of carbonyl (C=O) groups excluding carboxylic acids is 3. The highest BCUT2D eigenvalue weighted by molar-refractivity contribution is 7.18. The molecule has 1 fully saturated rings. The molecule has 2 aromatic heterocycles. The summed E-state index contributed by atoms with van der Waals surface area (Å²) in [5.74, 6) is 0.539. The molecule has 0 atom stereocenters. The molecule has 0 aliphatic carbocycles. The Bertz CT molecular complexity index is 1080. The molecule has 3 rings (SSSR count). The first-order valence-electron chi connectivity index (χ1n) is 11.1. The van der Waals surface area contributed by atoms with Crippen LogP contribution in [0.2, 0.25) is 0 Å². The maximum absolute atomic E-state index is 12.8. The predicted octanol–water partition coefficient (Wildman–Crippen LogP) is 2.61. The Morgan fingerprint density at radius 1 is 1.06 bits per heavy atom. The molecule has 1 aliphatic heterocycles. The summed E-state index contributed by atoms with van der Waals surface area (Å²) < 4.78 is 9.62. The zero-order chi connectivity index (χ0) is 25.0. The van der Waals surface area contributed by atoms with Crippen molar-refractivity contribution < 1.29 is 23.9 Å². The molecule has 1 aliphatic rings. The fourth-order valence-electron chi connectivity index (χ4n) is 3.74. The van der Waals surface area contributed by atoms with Crippen LogP contribution in [0.25, 0.3) is 0 Å². The van der Waals surface area contributed by atoms with Crippen LogP contribution in [0.4, 0.5) is 10.8 Å². The fourth-order valence-corrected chi connectivity index (χ4v) is 4.87. The van der Waals surface area contributed by atoms with Crippen LogP contribution in [-0.4, -0.2) is 79.7 Å². The van der Waals surface area contributed by atoms with Crippen molar-refractivity contribution in [1.82, 2.24) is 14.9 Å². The van der Waals surface area contributed by atoms with Gasteiger partial charge in [0.05, 0.1) is 26.3 Å². The van der Waals surface area contributed by atoms with Gasteiger partial charge in [-0.3, -0.25) is 9.69 Å². The lowest BCUT2D eigenvalue weighted by atomic mass is 10.1. The van der Waals surface area contributed by atoms with Gasteiger partial charge < -0.3 is 19.7 Å². The summed E-state index contributed by atoms with van der Waals surface area (Å²) in [5.41, 5.74) is 1.54. The summed E-state index contributed by atoms with van der Waals surface area (Å²) >= 11 is 1.01. The quantitative estimate of drug-likeness (QED) is 0.586. The van der Waals surface area contributed by atoms with Crippen molar-refractivity contribution in [2.75, 3.05) is 57.2 Å². The lowest BCUT2D eigenvalue weighted by molar-refractivity contribution is -0.117. The van der Waals surface area contributed by atoms with Gasteiger partial charge in [-0.15, -0.1) is 11.3 Å². The van der Waals surface area contributed by atoms with Gasteiger partial charge in [0, 0.05) is 43.9 Å². The topological polar surface area (TPSA) is 114 Å². The van der Waals surface area contributed by atoms with E-state index in [0.29, 0.717) is 18.7 Å². The monoisotopic (exact) mass is 489 g/mol. The van der Waals surface area contributed by atoms with E-state index in [1.807, 2.05) is 17.9 Å². The number of esters is 2. The summed E-state index contributed by atoms with van der Waals surface area (Å²) in [6.45, 7) is 10.8. The standard InChI is InChI=1S/C23H31N5O5S/c1-13(2)20-24-14(3)11-16(25-20)28-9-7-27(8-10-28)12-17(29)26-21-18(22(30)32-5)15(4)19(34-21)23(31)33-6/h11,13H,7-10,12H2,1-6H3,(H,26,29). The highest BCUT2D eigenvalue weighted by Crippen LogP contribution is 2.34. The summed E-state index contributed by atoms with van der Waals surface area (Å²) in [4.78, 5) is 50.8. The molecule has 0 radical (unpaired) electrons. The lowest BCUT2D eigenvalue weighted by Crippen LogP contribution is -2.49. The van der Waals surface area contributed by atoms with E-state index in [4.69, 9.17) is 14.5 Å². The molecule has 0 aromatic carbocycles. The van der Waals surface area contributed by atoms with Crippen molar-refractivity contribution in [3.8, 4) is 0 Å². The molecule has 1 amide bonds. The number of piperazine rings is 1. The second-order valence-corrected chi connectivity index (χ2v) is 9.46. The molecule has 2 aromatic rings. The minimum Gasteiger partial charge on any atom is -0.465 e. The molecule has 0 bridgehead atoms. The lowest BCUT2D eigenvalue weighted by Gasteiger charge is -2.35. The largest absolute Gasteiger partial charge is 0.465 e. The molecule has 1 saturated heterocycles. The van der Waals surface area contributed by atoms with E-state index in [1.54, 1.807) is 6.92 Å². The smallest absolute Gasteiger partial charge is 0.348 e. The third-order valence-electron chi connectivity index (χ3n) is 5.60. The zero-order valence-corrected chi connectivity index (χ0v) is 21.2. The van der Waals surface area contributed by atoms with Gasteiger partial charge in [-0.2, -0.15) is 0 Å². The van der Waals surface area contributed by atoms with Crippen LogP contribution < -0.4 is 10.2 Å². The maximum Gasteiger partial charge on any atom is 0.348 e. The van der Waals surface area contributed by atoms with Crippen LogP contribution in [-0.2, 0) is 14.3 Å². The first-order chi connectivity index (χ1) is 16.1. The number of hydrogen-bond acceptors (Lipinski definition) is 10. The number of carbonyl (C=O) groups is 3. The molecule has 34 heavy (non-hydrogen) atoms. The average molecular weight is 490 g/mol. The van der Waals surface area contributed by atoms with Crippen LogP contribution in [0.5, 0.6) is 0 Å². The SMILES string of the molecule is COC(=O)c1sc(NC(=O)CN2CCN(c3cc(C)nc(C(C)C)n3)CC2)c(C(=O)OC)c1C. The van der Waals surface area contributed by atoms with E-state index >= 15 is 0 Å². The number of amides is 1. The van der Waals surface area contributed by atoms with Gasteiger partial charge in [0.15, 0.2) is 0 Å². The van der Waals surface area contributed by atoms with E-state index in [0.717, 1.165) is 41.8 Å². The number of hydrogen-bond donors (Lipinski definition) is 1. The molecular weight excluding hydrogens is 458 g/mol. The number of aryl methyl sites for hydroxylation is 1. The maximum atomic E-state index is 12.8. The highest BCUT2D eigenvalue weighted by Gasteiger charge is 2.28. The first kappa shape index (κ1) is 25.6. The molecule has 10 nitrogen and oxygen atoms in total. The summed E-state index contributed by atoms with van der Waals surface area (Å²) in [7, 11) is 2.52. The van der Waals surface area contributed by atoms with Crippen LogP contribution in [0.15, 0.2) is 6.07 Å². The van der Waals surface area contributed by atoms with Gasteiger partial charge in [0.1, 0.15) is 21.5 Å². The van der Waals surface area contributed by atoms with Crippen molar-refractivity contribution in [3.05, 3.63) is 33.6 Å². The number of nitrogens with zero attached hydrogens (tertiary/aromatic N) is 4. The fraction of sp³-hybridized carbons (Fsp3) is 0.522. The van der Waals surface area contributed by atoms with Gasteiger partial charge in [-0.25, -0.2) is 19.6 Å². The van der Waals surface area contributed by atoms with Gasteiger partial charge in [0.2, 0.25) is 5.91 Å². The van der Waals surface area contributed by atoms with E-state index in [2.05, 4.69) is 29.0 Å². The Hall–Kier alpha value is -3.05. The summed E-state index contributed by atoms with van der Waals surface area (Å²) in [5, 5.41) is 3.06. The first-order valence-corrected chi connectivity index (χ1v) is 11.9. The molecule has 3 heterocycles. The molecule has 11 heteroatoms. The van der Waals surface area contributed by atoms with Crippen molar-refractivity contribution in [1.29, 1.82) is 0 Å². The number of thiophene rings is 1. The molecule has 1 N–H and O–H groups in total. The summed E-state index contributed by atoms with van der Waals surface area (Å²) in [6.07, 6.45) is 0. The van der Waals surface area contributed by atoms with E-state index in [9.17, 15) is 14.4 Å². The van der Waals surface area contributed by atoms with Gasteiger partial charge >= 0.3 is 11.9 Å². The minimum absolute atomic E-state index is 0.166. The normalized spacial score (nSPS) is 14.3. The number of anilines is 2. The van der Waals surface area contributed by atoms with Crippen molar-refractivity contribution in [2.45, 2.75) is 33.6 Å². The van der Waals surface area contributed by atoms with Gasteiger partial charge in [-0.1, -0.05) is 13.8 Å². The highest BCUT2D eigenvalue weighted by atomic mass is 32.1. The second kappa shape index (κ2) is 10.9. The molecule has 184 valence electrons. The van der Waals surface area contributed by atoms with Gasteiger partial charge in [-0.05, 0) is 19.4 Å². The Morgan fingerprint density at radius 3 is 2.29 bits per heavy atom. The van der Waals surface area contributed by atoms with Crippen LogP contribution >= 0.6 is 11.3 Å². The third kappa shape index (κ3) is 5.71. The van der Waals surface area contributed by atoms with Crippen molar-refractivity contribution in [2.24, 2.45) is 0 Å². The number of rotatable bonds is 7. The minimum atomic E-state index is -0.617. The van der Waals surface area contributed by atoms with Crippen LogP contribution in [0.3, 0.4) is 0 Å². The predicted molar refractivity (Wildman–Crippen MR) is 130 cm³/mol. The molecule has 0 spiro atoms. The average Bonchev–Trinajstić information content (AvgIpc) is 3.13. The summed E-state index contributed by atoms with van der Waals surface area (Å²) in [6, 6.07) is 1.99. The van der Waals surface area contributed by atoms with Crippen molar-refractivity contribution in [3.63, 3.8) is 0 Å². The Morgan fingerprint density at radius 2 is 1.71 bits per heavy atom. The number of nitrogens with one attached hydrogen (secondary N) is 1. The van der Waals surface area contributed by atoms with Crippen LogP contribution in [0, 0.1) is 13.8 Å². The second-order valence-electron chi connectivity index (χ2n) is 8.44. The number of methoxy groups -OCH3 is 2. The van der Waals surface area contributed by atoms with E-state index < -0.39 is 11.9 Å². The third-order valence-corrected chi connectivity index (χ3v) is 6.79. The number of aromatic nitrogens is 2. The van der Waals surface area contributed by atoms with Crippen LogP contribution in [0.1, 0.15) is 56.9 Å². The Kier molecular flexibility index (Phi) is 8.21. The van der Waals surface area contributed by atoms with Gasteiger partial charge in [0.25, 0.3) is 0 Å². The molecule has 0 unspecified atom stereocenters.